The number of aliphatic hydroxyl groups excluding tert-OH is 1. The SMILES string of the molecule is CCC(CCO)CNC(=O)[C@@H]1CCCN1. The molecule has 0 aromatic rings. The fourth-order valence-electron chi connectivity index (χ4n) is 1.91. The van der Waals surface area contributed by atoms with Gasteiger partial charge in [-0.2, -0.15) is 0 Å². The largest absolute Gasteiger partial charge is 0.396 e. The standard InChI is InChI=1S/C11H22N2O2/c1-2-9(5-7-14)8-13-11(15)10-4-3-6-12-10/h9-10,12,14H,2-8H2,1H3,(H,13,15)/t9?,10-/m0/s1. The van der Waals surface area contributed by atoms with Gasteiger partial charge in [-0.15, -0.1) is 0 Å². The van der Waals surface area contributed by atoms with E-state index < -0.39 is 0 Å². The maximum Gasteiger partial charge on any atom is 0.237 e. The Morgan fingerprint density at radius 3 is 3.00 bits per heavy atom. The third-order valence-corrected chi connectivity index (χ3v) is 3.06. The average Bonchev–Trinajstić information content (AvgIpc) is 2.77. The Balaban J connectivity index is 2.19. The van der Waals surface area contributed by atoms with Crippen LogP contribution in [0.5, 0.6) is 0 Å². The van der Waals surface area contributed by atoms with Gasteiger partial charge in [0.15, 0.2) is 0 Å². The maximum atomic E-state index is 11.6. The monoisotopic (exact) mass is 214 g/mol. The second kappa shape index (κ2) is 6.80. The van der Waals surface area contributed by atoms with Crippen LogP contribution in [-0.2, 0) is 4.79 Å². The fourth-order valence-corrected chi connectivity index (χ4v) is 1.91. The Bertz CT molecular complexity index is 191. The lowest BCUT2D eigenvalue weighted by molar-refractivity contribution is -0.123. The zero-order valence-electron chi connectivity index (χ0n) is 9.46. The smallest absolute Gasteiger partial charge is 0.237 e. The molecular weight excluding hydrogens is 192 g/mol. The van der Waals surface area contributed by atoms with Gasteiger partial charge < -0.3 is 15.7 Å². The third kappa shape index (κ3) is 4.18. The second-order valence-corrected chi connectivity index (χ2v) is 4.18. The molecule has 1 aliphatic rings. The van der Waals surface area contributed by atoms with Crippen molar-refractivity contribution in [1.82, 2.24) is 10.6 Å². The Morgan fingerprint density at radius 2 is 2.47 bits per heavy atom. The van der Waals surface area contributed by atoms with Crippen LogP contribution < -0.4 is 10.6 Å². The van der Waals surface area contributed by atoms with E-state index in [1.807, 2.05) is 0 Å². The highest BCUT2D eigenvalue weighted by atomic mass is 16.3. The molecule has 1 fully saturated rings. The van der Waals surface area contributed by atoms with Crippen molar-refractivity contribution in [1.29, 1.82) is 0 Å². The zero-order chi connectivity index (χ0) is 11.1. The summed E-state index contributed by atoms with van der Waals surface area (Å²) in [4.78, 5) is 11.6. The molecule has 0 aromatic carbocycles. The van der Waals surface area contributed by atoms with Crippen LogP contribution in [0.4, 0.5) is 0 Å². The number of carbonyl (C=O) groups is 1. The fraction of sp³-hybridized carbons (Fsp3) is 0.909. The van der Waals surface area contributed by atoms with E-state index in [1.54, 1.807) is 0 Å². The van der Waals surface area contributed by atoms with Gasteiger partial charge in [-0.1, -0.05) is 13.3 Å². The summed E-state index contributed by atoms with van der Waals surface area (Å²) in [7, 11) is 0. The molecule has 0 aromatic heterocycles. The molecule has 2 atom stereocenters. The lowest BCUT2D eigenvalue weighted by Gasteiger charge is -2.16. The number of carbonyl (C=O) groups excluding carboxylic acids is 1. The van der Waals surface area contributed by atoms with Crippen LogP contribution in [0.2, 0.25) is 0 Å². The Labute approximate surface area is 91.4 Å². The highest BCUT2D eigenvalue weighted by Crippen LogP contribution is 2.07. The molecule has 1 rings (SSSR count). The van der Waals surface area contributed by atoms with Crippen LogP contribution in [0.1, 0.15) is 32.6 Å². The maximum absolute atomic E-state index is 11.6. The van der Waals surface area contributed by atoms with Crippen LogP contribution >= 0.6 is 0 Å². The zero-order valence-corrected chi connectivity index (χ0v) is 9.46. The molecule has 1 heterocycles. The van der Waals surface area contributed by atoms with Crippen LogP contribution in [0.25, 0.3) is 0 Å². The van der Waals surface area contributed by atoms with E-state index in [9.17, 15) is 4.79 Å². The van der Waals surface area contributed by atoms with E-state index in [0.29, 0.717) is 12.5 Å². The van der Waals surface area contributed by atoms with Crippen molar-refractivity contribution in [3.8, 4) is 0 Å². The molecule has 3 N–H and O–H groups in total. The Kier molecular flexibility index (Phi) is 5.65. The molecule has 1 saturated heterocycles. The number of amides is 1. The molecule has 0 spiro atoms. The Morgan fingerprint density at radius 1 is 1.67 bits per heavy atom. The minimum Gasteiger partial charge on any atom is -0.396 e. The van der Waals surface area contributed by atoms with Gasteiger partial charge in [0.05, 0.1) is 6.04 Å². The molecule has 15 heavy (non-hydrogen) atoms. The number of aliphatic hydroxyl groups is 1. The van der Waals surface area contributed by atoms with E-state index in [1.165, 1.54) is 0 Å². The van der Waals surface area contributed by atoms with Gasteiger partial charge in [0, 0.05) is 13.2 Å². The van der Waals surface area contributed by atoms with Gasteiger partial charge in [-0.25, -0.2) is 0 Å². The molecule has 4 heteroatoms. The first-order valence-electron chi connectivity index (χ1n) is 5.89. The summed E-state index contributed by atoms with van der Waals surface area (Å²) in [6.07, 6.45) is 3.81. The first-order valence-corrected chi connectivity index (χ1v) is 5.89. The Hall–Kier alpha value is -0.610. The normalized spacial score (nSPS) is 22.7. The highest BCUT2D eigenvalue weighted by molar-refractivity contribution is 5.81. The quantitative estimate of drug-likeness (QED) is 0.594. The number of hydrogen-bond acceptors (Lipinski definition) is 3. The first kappa shape index (κ1) is 12.5. The predicted octanol–water partition coefficient (Wildman–Crippen LogP) is 0.263. The van der Waals surface area contributed by atoms with Crippen molar-refractivity contribution in [3.05, 3.63) is 0 Å². The molecule has 4 nitrogen and oxygen atoms in total. The molecule has 0 radical (unpaired) electrons. The minimum atomic E-state index is 0.0108. The molecular formula is C11H22N2O2. The average molecular weight is 214 g/mol. The molecule has 0 bridgehead atoms. The van der Waals surface area contributed by atoms with Gasteiger partial charge in [0.2, 0.25) is 5.91 Å². The summed E-state index contributed by atoms with van der Waals surface area (Å²) in [6, 6.07) is 0.0108. The topological polar surface area (TPSA) is 61.4 Å². The van der Waals surface area contributed by atoms with Crippen LogP contribution in [-0.4, -0.2) is 36.8 Å². The lowest BCUT2D eigenvalue weighted by atomic mass is 10.0. The van der Waals surface area contributed by atoms with Crippen LogP contribution in [0.3, 0.4) is 0 Å². The van der Waals surface area contributed by atoms with Crippen LogP contribution in [0, 0.1) is 5.92 Å². The molecule has 1 amide bonds. The van der Waals surface area contributed by atoms with E-state index in [4.69, 9.17) is 5.11 Å². The summed E-state index contributed by atoms with van der Waals surface area (Å²) >= 11 is 0. The minimum absolute atomic E-state index is 0.0108. The van der Waals surface area contributed by atoms with E-state index in [2.05, 4.69) is 17.6 Å². The van der Waals surface area contributed by atoms with Crippen molar-refractivity contribution in [3.63, 3.8) is 0 Å². The van der Waals surface area contributed by atoms with Crippen molar-refractivity contribution >= 4 is 5.91 Å². The van der Waals surface area contributed by atoms with Gasteiger partial charge >= 0.3 is 0 Å². The van der Waals surface area contributed by atoms with Gasteiger partial charge in [0.25, 0.3) is 0 Å². The van der Waals surface area contributed by atoms with Crippen LogP contribution in [0.15, 0.2) is 0 Å². The summed E-state index contributed by atoms with van der Waals surface area (Å²) in [5.41, 5.74) is 0. The van der Waals surface area contributed by atoms with Crippen molar-refractivity contribution in [2.24, 2.45) is 5.92 Å². The molecule has 1 unspecified atom stereocenters. The van der Waals surface area contributed by atoms with Crippen molar-refractivity contribution < 1.29 is 9.90 Å². The van der Waals surface area contributed by atoms with E-state index in [0.717, 1.165) is 32.2 Å². The number of rotatable bonds is 6. The molecule has 1 aliphatic heterocycles. The van der Waals surface area contributed by atoms with Crippen molar-refractivity contribution in [2.75, 3.05) is 19.7 Å². The van der Waals surface area contributed by atoms with E-state index >= 15 is 0 Å². The summed E-state index contributed by atoms with van der Waals surface area (Å²) in [5.74, 6) is 0.518. The third-order valence-electron chi connectivity index (χ3n) is 3.06. The van der Waals surface area contributed by atoms with Crippen molar-refractivity contribution in [2.45, 2.75) is 38.6 Å². The first-order chi connectivity index (χ1) is 7.27. The predicted molar refractivity (Wildman–Crippen MR) is 59.5 cm³/mol. The van der Waals surface area contributed by atoms with Gasteiger partial charge in [-0.05, 0) is 31.7 Å². The lowest BCUT2D eigenvalue weighted by Crippen LogP contribution is -2.42. The molecule has 88 valence electrons. The molecule has 0 aliphatic carbocycles. The summed E-state index contributed by atoms with van der Waals surface area (Å²) in [5, 5.41) is 14.9. The number of nitrogens with one attached hydrogen (secondary N) is 2. The summed E-state index contributed by atoms with van der Waals surface area (Å²) < 4.78 is 0. The van der Waals surface area contributed by atoms with Gasteiger partial charge in [-0.3, -0.25) is 4.79 Å². The van der Waals surface area contributed by atoms with E-state index in [-0.39, 0.29) is 18.6 Å². The van der Waals surface area contributed by atoms with Gasteiger partial charge in [0.1, 0.15) is 0 Å². The molecule has 0 saturated carbocycles. The number of hydrogen-bond donors (Lipinski definition) is 3. The highest BCUT2D eigenvalue weighted by Gasteiger charge is 2.21. The summed E-state index contributed by atoms with van der Waals surface area (Å²) in [6.45, 7) is 3.93. The second-order valence-electron chi connectivity index (χ2n) is 4.18.